The van der Waals surface area contributed by atoms with Crippen molar-refractivity contribution in [3.63, 3.8) is 0 Å². The van der Waals surface area contributed by atoms with Gasteiger partial charge in [-0.3, -0.25) is 4.98 Å². The summed E-state index contributed by atoms with van der Waals surface area (Å²) in [5.74, 6) is 0.182. The highest BCUT2D eigenvalue weighted by molar-refractivity contribution is 6.04. The molecule has 7 nitrogen and oxygen atoms in total. The van der Waals surface area contributed by atoms with Crippen molar-refractivity contribution in [2.45, 2.75) is 26.0 Å². The average Bonchev–Trinajstić information content (AvgIpc) is 2.67. The standard InChI is InChI=1S/C20H21N3O4/c1-12(2)27-19(24)16-17(13-4-6-15(26-3)7-5-13)22-20(25)23-18(16)14-8-10-21-11-9-14/h4-12,18H,1-3H3,(H2,22,23,25). The molecule has 1 atom stereocenters. The van der Waals surface area contributed by atoms with E-state index in [0.717, 1.165) is 5.56 Å². The fourth-order valence-electron chi connectivity index (χ4n) is 2.85. The monoisotopic (exact) mass is 367 g/mol. The number of nitrogens with zero attached hydrogens (tertiary/aromatic N) is 1. The molecule has 0 saturated carbocycles. The van der Waals surface area contributed by atoms with E-state index in [4.69, 9.17) is 9.47 Å². The highest BCUT2D eigenvalue weighted by atomic mass is 16.5. The van der Waals surface area contributed by atoms with E-state index in [9.17, 15) is 9.59 Å². The van der Waals surface area contributed by atoms with Crippen molar-refractivity contribution in [3.8, 4) is 5.75 Å². The number of pyridine rings is 1. The minimum absolute atomic E-state index is 0.294. The minimum atomic E-state index is -0.648. The van der Waals surface area contributed by atoms with Crippen LogP contribution in [0.15, 0.2) is 54.4 Å². The van der Waals surface area contributed by atoms with Crippen molar-refractivity contribution in [1.82, 2.24) is 15.6 Å². The summed E-state index contributed by atoms with van der Waals surface area (Å²) in [7, 11) is 1.57. The van der Waals surface area contributed by atoms with E-state index < -0.39 is 18.0 Å². The van der Waals surface area contributed by atoms with Crippen LogP contribution in [0.2, 0.25) is 0 Å². The number of benzene rings is 1. The SMILES string of the molecule is COc1ccc(C2=C(C(=O)OC(C)C)C(c3ccncc3)NC(=O)N2)cc1. The molecule has 3 rings (SSSR count). The van der Waals surface area contributed by atoms with Gasteiger partial charge >= 0.3 is 12.0 Å². The number of aromatic nitrogens is 1. The number of hydrogen-bond donors (Lipinski definition) is 2. The minimum Gasteiger partial charge on any atom is -0.497 e. The summed E-state index contributed by atoms with van der Waals surface area (Å²) in [4.78, 5) is 29.2. The summed E-state index contributed by atoms with van der Waals surface area (Å²) in [6.45, 7) is 3.56. The molecule has 27 heavy (non-hydrogen) atoms. The third kappa shape index (κ3) is 4.08. The summed E-state index contributed by atoms with van der Waals surface area (Å²) in [5, 5.41) is 5.54. The van der Waals surface area contributed by atoms with E-state index >= 15 is 0 Å². The number of carbonyl (C=O) groups excluding carboxylic acids is 2. The molecule has 2 heterocycles. The van der Waals surface area contributed by atoms with Gasteiger partial charge in [-0.1, -0.05) is 0 Å². The van der Waals surface area contributed by atoms with Gasteiger partial charge in [0.15, 0.2) is 0 Å². The van der Waals surface area contributed by atoms with Crippen molar-refractivity contribution >= 4 is 17.7 Å². The summed E-state index contributed by atoms with van der Waals surface area (Å²) >= 11 is 0. The second-order valence-electron chi connectivity index (χ2n) is 6.28. The normalized spacial score (nSPS) is 16.6. The van der Waals surface area contributed by atoms with Crippen molar-refractivity contribution in [3.05, 3.63) is 65.5 Å². The molecule has 1 aromatic heterocycles. The van der Waals surface area contributed by atoms with E-state index in [2.05, 4.69) is 15.6 Å². The molecule has 2 amide bonds. The van der Waals surface area contributed by atoms with E-state index in [0.29, 0.717) is 22.6 Å². The predicted octanol–water partition coefficient (Wildman–Crippen LogP) is 2.81. The zero-order valence-corrected chi connectivity index (χ0v) is 15.4. The maximum absolute atomic E-state index is 12.9. The third-order valence-electron chi connectivity index (χ3n) is 4.05. The number of nitrogens with one attached hydrogen (secondary N) is 2. The van der Waals surface area contributed by atoms with Gasteiger partial charge in [0.25, 0.3) is 0 Å². The Balaban J connectivity index is 2.14. The maximum Gasteiger partial charge on any atom is 0.338 e. The van der Waals surface area contributed by atoms with Crippen LogP contribution in [0, 0.1) is 0 Å². The third-order valence-corrected chi connectivity index (χ3v) is 4.05. The first-order valence-corrected chi connectivity index (χ1v) is 8.56. The smallest absolute Gasteiger partial charge is 0.338 e. The number of esters is 1. The molecule has 140 valence electrons. The molecule has 1 aliphatic heterocycles. The summed E-state index contributed by atoms with van der Waals surface area (Å²) in [5.41, 5.74) is 2.16. The van der Waals surface area contributed by atoms with E-state index in [1.807, 2.05) is 0 Å². The molecule has 2 N–H and O–H groups in total. The topological polar surface area (TPSA) is 89.6 Å². The number of methoxy groups -OCH3 is 1. The second-order valence-corrected chi connectivity index (χ2v) is 6.28. The number of hydrogen-bond acceptors (Lipinski definition) is 5. The van der Waals surface area contributed by atoms with Crippen LogP contribution < -0.4 is 15.4 Å². The second kappa shape index (κ2) is 7.90. The molecular weight excluding hydrogens is 346 g/mol. The number of urea groups is 1. The number of ether oxygens (including phenoxy) is 2. The largest absolute Gasteiger partial charge is 0.497 e. The van der Waals surface area contributed by atoms with Crippen LogP contribution in [-0.2, 0) is 9.53 Å². The molecule has 1 unspecified atom stereocenters. The quantitative estimate of drug-likeness (QED) is 0.793. The number of amides is 2. The average molecular weight is 367 g/mol. The molecule has 1 aromatic carbocycles. The molecule has 0 saturated heterocycles. The van der Waals surface area contributed by atoms with Crippen LogP contribution in [0.4, 0.5) is 4.79 Å². The van der Waals surface area contributed by atoms with Crippen molar-refractivity contribution in [2.24, 2.45) is 0 Å². The van der Waals surface area contributed by atoms with Crippen molar-refractivity contribution in [1.29, 1.82) is 0 Å². The Hall–Kier alpha value is -3.35. The Labute approximate surface area is 157 Å². The van der Waals surface area contributed by atoms with Gasteiger partial charge in [-0.15, -0.1) is 0 Å². The Bertz CT molecular complexity index is 861. The lowest BCUT2D eigenvalue weighted by atomic mass is 9.93. The Morgan fingerprint density at radius 3 is 2.37 bits per heavy atom. The summed E-state index contributed by atoms with van der Waals surface area (Å²) in [6.07, 6.45) is 2.93. The first-order valence-electron chi connectivity index (χ1n) is 8.56. The van der Waals surface area contributed by atoms with Gasteiger partial charge in [0.05, 0.1) is 30.5 Å². The lowest BCUT2D eigenvalue weighted by Crippen LogP contribution is -2.45. The molecule has 0 fully saturated rings. The molecule has 0 bridgehead atoms. The van der Waals surface area contributed by atoms with Crippen LogP contribution in [0.25, 0.3) is 5.70 Å². The van der Waals surface area contributed by atoms with Crippen LogP contribution >= 0.6 is 0 Å². The molecular formula is C20H21N3O4. The van der Waals surface area contributed by atoms with Gasteiger partial charge in [0.2, 0.25) is 0 Å². The molecule has 0 spiro atoms. The van der Waals surface area contributed by atoms with E-state index in [-0.39, 0.29) is 6.10 Å². The molecule has 0 radical (unpaired) electrons. The molecule has 1 aliphatic rings. The van der Waals surface area contributed by atoms with Crippen LogP contribution in [0.3, 0.4) is 0 Å². The van der Waals surface area contributed by atoms with Crippen LogP contribution in [0.5, 0.6) is 5.75 Å². The number of rotatable bonds is 5. The lowest BCUT2D eigenvalue weighted by molar-refractivity contribution is -0.143. The van der Waals surface area contributed by atoms with Crippen LogP contribution in [-0.4, -0.2) is 30.2 Å². The van der Waals surface area contributed by atoms with Gasteiger partial charge in [0, 0.05) is 12.4 Å². The van der Waals surface area contributed by atoms with Crippen molar-refractivity contribution < 1.29 is 19.1 Å². The van der Waals surface area contributed by atoms with Gasteiger partial charge in [0.1, 0.15) is 5.75 Å². The van der Waals surface area contributed by atoms with Crippen molar-refractivity contribution in [2.75, 3.05) is 7.11 Å². The Morgan fingerprint density at radius 2 is 1.78 bits per heavy atom. The van der Waals surface area contributed by atoms with E-state index in [1.165, 1.54) is 0 Å². The fourth-order valence-corrected chi connectivity index (χ4v) is 2.85. The molecule has 2 aromatic rings. The lowest BCUT2D eigenvalue weighted by Gasteiger charge is -2.30. The summed E-state index contributed by atoms with van der Waals surface area (Å²) in [6, 6.07) is 9.56. The molecule has 7 heteroatoms. The van der Waals surface area contributed by atoms with Gasteiger partial charge < -0.3 is 20.1 Å². The van der Waals surface area contributed by atoms with Gasteiger partial charge in [-0.05, 0) is 61.4 Å². The highest BCUT2D eigenvalue weighted by Crippen LogP contribution is 2.32. The zero-order valence-electron chi connectivity index (χ0n) is 15.4. The Kier molecular flexibility index (Phi) is 5.40. The maximum atomic E-state index is 12.9. The van der Waals surface area contributed by atoms with Gasteiger partial charge in [-0.25, -0.2) is 9.59 Å². The molecule has 0 aliphatic carbocycles. The van der Waals surface area contributed by atoms with Crippen LogP contribution in [0.1, 0.15) is 31.0 Å². The first-order chi connectivity index (χ1) is 13.0. The van der Waals surface area contributed by atoms with E-state index in [1.54, 1.807) is 69.7 Å². The summed E-state index contributed by atoms with van der Waals surface area (Å²) < 4.78 is 10.6. The predicted molar refractivity (Wildman–Crippen MR) is 99.8 cm³/mol. The first kappa shape index (κ1) is 18.4. The fraction of sp³-hybridized carbons (Fsp3) is 0.250. The highest BCUT2D eigenvalue weighted by Gasteiger charge is 2.34. The zero-order chi connectivity index (χ0) is 19.4. The van der Waals surface area contributed by atoms with Gasteiger partial charge in [-0.2, -0.15) is 0 Å². The Morgan fingerprint density at radius 1 is 1.11 bits per heavy atom. The number of carbonyl (C=O) groups is 2.